The van der Waals surface area contributed by atoms with Gasteiger partial charge in [0.15, 0.2) is 5.76 Å². The predicted molar refractivity (Wildman–Crippen MR) is 104 cm³/mol. The van der Waals surface area contributed by atoms with E-state index >= 15 is 0 Å². The van der Waals surface area contributed by atoms with Gasteiger partial charge in [-0.2, -0.15) is 9.78 Å². The van der Waals surface area contributed by atoms with E-state index < -0.39 is 10.8 Å². The number of nitro groups is 1. The van der Waals surface area contributed by atoms with E-state index in [1.54, 1.807) is 6.07 Å². The van der Waals surface area contributed by atoms with Gasteiger partial charge in [-0.15, -0.1) is 0 Å². The van der Waals surface area contributed by atoms with Gasteiger partial charge < -0.3 is 4.42 Å². The quantitative estimate of drug-likeness (QED) is 0.306. The van der Waals surface area contributed by atoms with Crippen LogP contribution in [0.3, 0.4) is 0 Å². The van der Waals surface area contributed by atoms with Crippen molar-refractivity contribution in [1.29, 1.82) is 0 Å². The molecule has 3 aromatic rings. The molecule has 134 valence electrons. The van der Waals surface area contributed by atoms with Gasteiger partial charge in [-0.3, -0.25) is 14.9 Å². The normalized spacial score (nSPS) is 11.5. The summed E-state index contributed by atoms with van der Waals surface area (Å²) in [5.74, 6) is 0.268. The first-order valence-electron chi connectivity index (χ1n) is 7.60. The lowest BCUT2D eigenvalue weighted by Crippen LogP contribution is -2.22. The van der Waals surface area contributed by atoms with Crippen LogP contribution in [0.1, 0.15) is 24.9 Å². The molecule has 0 atom stereocenters. The molecule has 8 nitrogen and oxygen atoms in total. The van der Waals surface area contributed by atoms with Gasteiger partial charge in [0.1, 0.15) is 10.7 Å². The molecule has 0 unspecified atom stereocenters. The van der Waals surface area contributed by atoms with Crippen LogP contribution in [0.5, 0.6) is 0 Å². The summed E-state index contributed by atoms with van der Waals surface area (Å²) in [5.41, 5.74) is 0.222. The third-order valence-electron chi connectivity index (χ3n) is 3.50. The van der Waals surface area contributed by atoms with Crippen molar-refractivity contribution in [3.8, 4) is 0 Å². The predicted octanol–water partition coefficient (Wildman–Crippen LogP) is 4.26. The standard InChI is InChI=1S/C16H12Br2N4O4/c1-2-3-13-20-15-11(6-9(17)7-12(15)18)16(23)21(13)19-8-10-4-5-14(26-10)22(24)25/h4-8H,2-3H2,1H3/b19-8+. The Morgan fingerprint density at radius 3 is 2.81 bits per heavy atom. The molecular formula is C16H12Br2N4O4. The van der Waals surface area contributed by atoms with Crippen LogP contribution in [0.4, 0.5) is 5.88 Å². The van der Waals surface area contributed by atoms with Crippen molar-refractivity contribution in [2.24, 2.45) is 5.10 Å². The molecule has 3 rings (SSSR count). The molecule has 0 saturated carbocycles. The molecule has 0 bridgehead atoms. The molecule has 10 heteroatoms. The second-order valence-corrected chi connectivity index (χ2v) is 7.13. The Morgan fingerprint density at radius 2 is 2.15 bits per heavy atom. The second kappa shape index (κ2) is 7.50. The van der Waals surface area contributed by atoms with Gasteiger partial charge in [0.2, 0.25) is 0 Å². The lowest BCUT2D eigenvalue weighted by molar-refractivity contribution is -0.402. The summed E-state index contributed by atoms with van der Waals surface area (Å²) in [5, 5.41) is 15.2. The number of furan rings is 1. The first kappa shape index (κ1) is 18.5. The number of aryl methyl sites for hydroxylation is 1. The van der Waals surface area contributed by atoms with Crippen molar-refractivity contribution in [2.75, 3.05) is 0 Å². The van der Waals surface area contributed by atoms with Gasteiger partial charge >= 0.3 is 5.88 Å². The maximum Gasteiger partial charge on any atom is 0.433 e. The number of nitrogens with zero attached hydrogens (tertiary/aromatic N) is 4. The maximum absolute atomic E-state index is 12.9. The molecule has 0 fully saturated rings. The average Bonchev–Trinajstić information content (AvgIpc) is 3.05. The third-order valence-corrected chi connectivity index (χ3v) is 4.57. The van der Waals surface area contributed by atoms with E-state index in [1.807, 2.05) is 13.0 Å². The Morgan fingerprint density at radius 1 is 1.38 bits per heavy atom. The monoisotopic (exact) mass is 482 g/mol. The molecule has 0 saturated heterocycles. The number of benzene rings is 1. The molecule has 0 aliphatic rings. The Bertz CT molecular complexity index is 1090. The zero-order valence-corrected chi connectivity index (χ0v) is 16.7. The average molecular weight is 484 g/mol. The highest BCUT2D eigenvalue weighted by atomic mass is 79.9. The van der Waals surface area contributed by atoms with Gasteiger partial charge in [-0.05, 0) is 40.5 Å². The van der Waals surface area contributed by atoms with Crippen molar-refractivity contribution in [3.05, 3.63) is 65.3 Å². The van der Waals surface area contributed by atoms with Crippen LogP contribution in [-0.2, 0) is 6.42 Å². The molecule has 0 aliphatic heterocycles. The van der Waals surface area contributed by atoms with E-state index in [0.717, 1.165) is 10.9 Å². The van der Waals surface area contributed by atoms with Crippen LogP contribution >= 0.6 is 31.9 Å². The van der Waals surface area contributed by atoms with Gasteiger partial charge in [-0.1, -0.05) is 22.9 Å². The van der Waals surface area contributed by atoms with Crippen molar-refractivity contribution >= 4 is 54.9 Å². The summed E-state index contributed by atoms with van der Waals surface area (Å²) in [6, 6.07) is 6.13. The highest BCUT2D eigenvalue weighted by molar-refractivity contribution is 9.11. The van der Waals surface area contributed by atoms with Gasteiger partial charge in [-0.25, -0.2) is 4.98 Å². The van der Waals surface area contributed by atoms with Crippen molar-refractivity contribution in [3.63, 3.8) is 0 Å². The van der Waals surface area contributed by atoms with Gasteiger partial charge in [0, 0.05) is 15.4 Å². The summed E-state index contributed by atoms with van der Waals surface area (Å²) in [6.07, 6.45) is 2.57. The van der Waals surface area contributed by atoms with Crippen LogP contribution in [0.2, 0.25) is 0 Å². The molecule has 0 amide bonds. The van der Waals surface area contributed by atoms with E-state index in [1.165, 1.54) is 23.0 Å². The minimum atomic E-state index is -0.640. The Hall–Kier alpha value is -2.33. The van der Waals surface area contributed by atoms with Gasteiger partial charge in [0.25, 0.3) is 5.56 Å². The number of hydrogen-bond acceptors (Lipinski definition) is 6. The molecule has 26 heavy (non-hydrogen) atoms. The molecule has 2 heterocycles. The first-order valence-corrected chi connectivity index (χ1v) is 9.18. The molecule has 1 aromatic carbocycles. The van der Waals surface area contributed by atoms with E-state index in [0.29, 0.717) is 27.6 Å². The van der Waals surface area contributed by atoms with E-state index in [4.69, 9.17) is 4.42 Å². The van der Waals surface area contributed by atoms with E-state index in [-0.39, 0.29) is 11.3 Å². The van der Waals surface area contributed by atoms with Crippen LogP contribution in [0.15, 0.2) is 47.5 Å². The Kier molecular flexibility index (Phi) is 5.33. The SMILES string of the molecule is CCCc1nc2c(Br)cc(Br)cc2c(=O)n1/N=C/c1ccc([N+](=O)[O-])o1. The Balaban J connectivity index is 2.15. The summed E-state index contributed by atoms with van der Waals surface area (Å²) in [7, 11) is 0. The van der Waals surface area contributed by atoms with Crippen LogP contribution < -0.4 is 5.56 Å². The number of aromatic nitrogens is 2. The topological polar surface area (TPSA) is 104 Å². The fourth-order valence-corrected chi connectivity index (χ4v) is 3.69. The fourth-order valence-electron chi connectivity index (χ4n) is 2.38. The molecule has 0 N–H and O–H groups in total. The summed E-state index contributed by atoms with van der Waals surface area (Å²) in [6.45, 7) is 1.97. The van der Waals surface area contributed by atoms with Crippen LogP contribution in [0, 0.1) is 10.1 Å². The summed E-state index contributed by atoms with van der Waals surface area (Å²) < 4.78 is 7.66. The molecule has 2 aromatic heterocycles. The third kappa shape index (κ3) is 3.61. The minimum Gasteiger partial charge on any atom is -0.400 e. The van der Waals surface area contributed by atoms with Gasteiger partial charge in [0.05, 0.1) is 23.2 Å². The first-order chi connectivity index (χ1) is 12.4. The van der Waals surface area contributed by atoms with Crippen molar-refractivity contribution < 1.29 is 9.34 Å². The smallest absolute Gasteiger partial charge is 0.400 e. The summed E-state index contributed by atoms with van der Waals surface area (Å²) in [4.78, 5) is 27.5. The lowest BCUT2D eigenvalue weighted by Gasteiger charge is -2.09. The van der Waals surface area contributed by atoms with Crippen LogP contribution in [-0.4, -0.2) is 20.8 Å². The highest BCUT2D eigenvalue weighted by Gasteiger charge is 2.14. The molecular weight excluding hydrogens is 472 g/mol. The van der Waals surface area contributed by atoms with E-state index in [2.05, 4.69) is 41.9 Å². The van der Waals surface area contributed by atoms with Crippen LogP contribution in [0.25, 0.3) is 10.9 Å². The zero-order chi connectivity index (χ0) is 18.8. The van der Waals surface area contributed by atoms with Crippen molar-refractivity contribution in [2.45, 2.75) is 19.8 Å². The number of fused-ring (bicyclic) bond motifs is 1. The van der Waals surface area contributed by atoms with E-state index in [9.17, 15) is 14.9 Å². The largest absolute Gasteiger partial charge is 0.433 e. The zero-order valence-electron chi connectivity index (χ0n) is 13.5. The maximum atomic E-state index is 12.9. The number of halogens is 2. The highest BCUT2D eigenvalue weighted by Crippen LogP contribution is 2.25. The summed E-state index contributed by atoms with van der Waals surface area (Å²) >= 11 is 6.79. The lowest BCUT2D eigenvalue weighted by atomic mass is 10.2. The number of rotatable bonds is 5. The molecule has 0 radical (unpaired) electrons. The Labute approximate surface area is 163 Å². The second-order valence-electron chi connectivity index (χ2n) is 5.36. The number of hydrogen-bond donors (Lipinski definition) is 0. The molecule has 0 aliphatic carbocycles. The molecule has 0 spiro atoms. The fraction of sp³-hybridized carbons (Fsp3) is 0.188. The van der Waals surface area contributed by atoms with Crippen molar-refractivity contribution in [1.82, 2.24) is 9.66 Å². The minimum absolute atomic E-state index is 0.168.